The van der Waals surface area contributed by atoms with Crippen LogP contribution in [0.3, 0.4) is 0 Å². The minimum Gasteiger partial charge on any atom is -0.320 e. The Hall–Kier alpha value is -2.71. The van der Waals surface area contributed by atoms with Crippen molar-refractivity contribution in [3.63, 3.8) is 0 Å². The Morgan fingerprint density at radius 3 is 2.95 bits per heavy atom. The molecule has 5 heteroatoms. The highest BCUT2D eigenvalue weighted by atomic mass is 19.1. The van der Waals surface area contributed by atoms with Crippen molar-refractivity contribution in [3.05, 3.63) is 59.2 Å². The Bertz CT molecular complexity index is 732. The van der Waals surface area contributed by atoms with Gasteiger partial charge in [0, 0.05) is 17.3 Å². The third kappa shape index (κ3) is 3.65. The second kappa shape index (κ2) is 6.64. The fourth-order valence-corrected chi connectivity index (χ4v) is 1.72. The molecule has 0 aliphatic rings. The summed E-state index contributed by atoms with van der Waals surface area (Å²) in [6, 6.07) is 6.51. The molecular weight excluding hydrogens is 269 g/mol. The summed E-state index contributed by atoms with van der Waals surface area (Å²) in [4.78, 5) is 15.8. The van der Waals surface area contributed by atoms with Crippen LogP contribution < -0.4 is 11.1 Å². The maximum absolute atomic E-state index is 13.5. The molecule has 21 heavy (non-hydrogen) atoms. The van der Waals surface area contributed by atoms with Crippen molar-refractivity contribution in [1.29, 1.82) is 0 Å². The third-order valence-corrected chi connectivity index (χ3v) is 2.85. The van der Waals surface area contributed by atoms with Crippen LogP contribution in [0.5, 0.6) is 0 Å². The fourth-order valence-electron chi connectivity index (χ4n) is 1.72. The molecule has 0 atom stereocenters. The van der Waals surface area contributed by atoms with E-state index in [0.29, 0.717) is 5.56 Å². The molecule has 0 unspecified atom stereocenters. The maximum atomic E-state index is 13.5. The average Bonchev–Trinajstić information content (AvgIpc) is 2.48. The summed E-state index contributed by atoms with van der Waals surface area (Å²) >= 11 is 0. The standard InChI is InChI=1S/C16H14FN3O/c1-11-4-5-13(9-12(11)3-2-7-18)16(21)20-15-6-8-19-10-14(15)17/h4-6,8-10H,7,18H2,1H3,(H,19,20,21). The van der Waals surface area contributed by atoms with Crippen LogP contribution >= 0.6 is 0 Å². The van der Waals surface area contributed by atoms with Crippen molar-refractivity contribution in [1.82, 2.24) is 4.98 Å². The number of aryl methyl sites for hydroxylation is 1. The second-order valence-corrected chi connectivity index (χ2v) is 4.35. The summed E-state index contributed by atoms with van der Waals surface area (Å²) < 4.78 is 13.5. The van der Waals surface area contributed by atoms with Crippen molar-refractivity contribution >= 4 is 11.6 Å². The van der Waals surface area contributed by atoms with Gasteiger partial charge in [-0.05, 0) is 30.7 Å². The van der Waals surface area contributed by atoms with Gasteiger partial charge in [-0.3, -0.25) is 9.78 Å². The van der Waals surface area contributed by atoms with Gasteiger partial charge in [0.2, 0.25) is 0 Å². The third-order valence-electron chi connectivity index (χ3n) is 2.85. The number of carbonyl (C=O) groups excluding carboxylic acids is 1. The van der Waals surface area contributed by atoms with E-state index < -0.39 is 11.7 Å². The number of anilines is 1. The number of nitrogens with two attached hydrogens (primary N) is 1. The SMILES string of the molecule is Cc1ccc(C(=O)Nc2ccncc2F)cc1C#CCN. The molecule has 0 saturated heterocycles. The fraction of sp³-hybridized carbons (Fsp3) is 0.125. The molecule has 2 rings (SSSR count). The number of hydrogen-bond acceptors (Lipinski definition) is 3. The zero-order valence-corrected chi connectivity index (χ0v) is 11.5. The Morgan fingerprint density at radius 1 is 1.43 bits per heavy atom. The van der Waals surface area contributed by atoms with E-state index in [1.54, 1.807) is 18.2 Å². The van der Waals surface area contributed by atoms with Gasteiger partial charge in [0.15, 0.2) is 5.82 Å². The molecule has 1 amide bonds. The van der Waals surface area contributed by atoms with Crippen molar-refractivity contribution in [2.24, 2.45) is 5.73 Å². The first-order valence-corrected chi connectivity index (χ1v) is 6.32. The van der Waals surface area contributed by atoms with E-state index in [-0.39, 0.29) is 12.2 Å². The molecule has 106 valence electrons. The minimum absolute atomic E-state index is 0.0881. The van der Waals surface area contributed by atoms with Crippen LogP contribution in [0.1, 0.15) is 21.5 Å². The van der Waals surface area contributed by atoms with Gasteiger partial charge in [-0.25, -0.2) is 4.39 Å². The molecule has 4 nitrogen and oxygen atoms in total. The predicted molar refractivity (Wildman–Crippen MR) is 79.3 cm³/mol. The molecule has 0 saturated carbocycles. The van der Waals surface area contributed by atoms with E-state index in [2.05, 4.69) is 22.1 Å². The molecule has 0 aliphatic heterocycles. The quantitative estimate of drug-likeness (QED) is 0.829. The molecule has 1 aromatic carbocycles. The number of aromatic nitrogens is 1. The highest BCUT2D eigenvalue weighted by molar-refractivity contribution is 6.04. The summed E-state index contributed by atoms with van der Waals surface area (Å²) in [7, 11) is 0. The summed E-state index contributed by atoms with van der Waals surface area (Å²) in [6.07, 6.45) is 2.45. The Labute approximate surface area is 122 Å². The van der Waals surface area contributed by atoms with Gasteiger partial charge >= 0.3 is 0 Å². The van der Waals surface area contributed by atoms with Gasteiger partial charge in [-0.15, -0.1) is 0 Å². The molecule has 3 N–H and O–H groups in total. The van der Waals surface area contributed by atoms with Gasteiger partial charge in [0.05, 0.1) is 18.4 Å². The lowest BCUT2D eigenvalue weighted by Gasteiger charge is -2.07. The number of nitrogens with zero attached hydrogens (tertiary/aromatic N) is 1. The van der Waals surface area contributed by atoms with Crippen LogP contribution in [0, 0.1) is 24.6 Å². The zero-order chi connectivity index (χ0) is 15.2. The summed E-state index contributed by atoms with van der Waals surface area (Å²) in [5.74, 6) is 4.66. The Balaban J connectivity index is 2.26. The Morgan fingerprint density at radius 2 is 2.24 bits per heavy atom. The average molecular weight is 283 g/mol. The molecule has 0 radical (unpaired) electrons. The molecule has 0 fully saturated rings. The first-order valence-electron chi connectivity index (χ1n) is 6.32. The number of hydrogen-bond donors (Lipinski definition) is 2. The van der Waals surface area contributed by atoms with Gasteiger partial charge in [0.1, 0.15) is 0 Å². The van der Waals surface area contributed by atoms with E-state index >= 15 is 0 Å². The van der Waals surface area contributed by atoms with Gasteiger partial charge < -0.3 is 11.1 Å². The highest BCUT2D eigenvalue weighted by Crippen LogP contribution is 2.15. The van der Waals surface area contributed by atoms with Gasteiger partial charge in [-0.1, -0.05) is 17.9 Å². The van der Waals surface area contributed by atoms with Crippen molar-refractivity contribution in [2.75, 3.05) is 11.9 Å². The zero-order valence-electron chi connectivity index (χ0n) is 11.5. The predicted octanol–water partition coefficient (Wildman–Crippen LogP) is 2.09. The normalized spacial score (nSPS) is 9.67. The number of carbonyl (C=O) groups is 1. The number of benzene rings is 1. The van der Waals surface area contributed by atoms with Gasteiger partial charge in [-0.2, -0.15) is 0 Å². The van der Waals surface area contributed by atoms with Crippen LogP contribution in [0.4, 0.5) is 10.1 Å². The number of rotatable bonds is 2. The highest BCUT2D eigenvalue weighted by Gasteiger charge is 2.10. The van der Waals surface area contributed by atoms with Crippen LogP contribution in [0.25, 0.3) is 0 Å². The van der Waals surface area contributed by atoms with Crippen LogP contribution in [-0.4, -0.2) is 17.4 Å². The number of pyridine rings is 1. The topological polar surface area (TPSA) is 68.0 Å². The lowest BCUT2D eigenvalue weighted by atomic mass is 10.0. The Kier molecular flexibility index (Phi) is 4.64. The molecule has 0 bridgehead atoms. The number of nitrogens with one attached hydrogen (secondary N) is 1. The molecular formula is C16H14FN3O. The lowest BCUT2D eigenvalue weighted by molar-refractivity contribution is 0.102. The second-order valence-electron chi connectivity index (χ2n) is 4.35. The van der Waals surface area contributed by atoms with Crippen molar-refractivity contribution < 1.29 is 9.18 Å². The van der Waals surface area contributed by atoms with Crippen molar-refractivity contribution in [3.8, 4) is 11.8 Å². The summed E-state index contributed by atoms with van der Waals surface area (Å²) in [5, 5.41) is 2.50. The van der Waals surface area contributed by atoms with Crippen LogP contribution in [0.2, 0.25) is 0 Å². The molecule has 0 aliphatic carbocycles. The van der Waals surface area contributed by atoms with E-state index in [0.717, 1.165) is 17.3 Å². The van der Waals surface area contributed by atoms with Crippen LogP contribution in [-0.2, 0) is 0 Å². The summed E-state index contributed by atoms with van der Waals surface area (Å²) in [6.45, 7) is 2.14. The number of halogens is 1. The maximum Gasteiger partial charge on any atom is 0.255 e. The van der Waals surface area contributed by atoms with Crippen molar-refractivity contribution in [2.45, 2.75) is 6.92 Å². The lowest BCUT2D eigenvalue weighted by Crippen LogP contribution is -2.13. The first kappa shape index (κ1) is 14.7. The smallest absolute Gasteiger partial charge is 0.255 e. The van der Waals surface area contributed by atoms with E-state index in [1.807, 2.05) is 6.92 Å². The van der Waals surface area contributed by atoms with E-state index in [4.69, 9.17) is 5.73 Å². The molecule has 1 aromatic heterocycles. The monoisotopic (exact) mass is 283 g/mol. The molecule has 2 aromatic rings. The van der Waals surface area contributed by atoms with E-state index in [1.165, 1.54) is 12.3 Å². The van der Waals surface area contributed by atoms with Gasteiger partial charge in [0.25, 0.3) is 5.91 Å². The molecule has 1 heterocycles. The first-order chi connectivity index (χ1) is 10.1. The number of amides is 1. The van der Waals surface area contributed by atoms with E-state index in [9.17, 15) is 9.18 Å². The molecule has 0 spiro atoms. The summed E-state index contributed by atoms with van der Waals surface area (Å²) in [5.41, 5.74) is 7.50. The van der Waals surface area contributed by atoms with Crippen LogP contribution in [0.15, 0.2) is 36.7 Å². The minimum atomic E-state index is -0.582. The largest absolute Gasteiger partial charge is 0.320 e.